The van der Waals surface area contributed by atoms with Gasteiger partial charge >= 0.3 is 0 Å². The lowest BCUT2D eigenvalue weighted by atomic mass is 9.96. The summed E-state index contributed by atoms with van der Waals surface area (Å²) in [6.07, 6.45) is 8.35. The summed E-state index contributed by atoms with van der Waals surface area (Å²) in [5.41, 5.74) is 8.21. The van der Waals surface area contributed by atoms with E-state index >= 15 is 0 Å². The number of aromatic nitrogens is 3. The molecule has 1 saturated carbocycles. The van der Waals surface area contributed by atoms with Crippen LogP contribution in [0.25, 0.3) is 11.5 Å². The predicted molar refractivity (Wildman–Crippen MR) is 80.5 cm³/mol. The molecule has 0 radical (unpaired) electrons. The van der Waals surface area contributed by atoms with Crippen molar-refractivity contribution in [1.82, 2.24) is 15.1 Å². The molecule has 21 heavy (non-hydrogen) atoms. The van der Waals surface area contributed by atoms with E-state index in [1.165, 1.54) is 25.7 Å². The van der Waals surface area contributed by atoms with E-state index in [1.54, 1.807) is 6.20 Å². The maximum Gasteiger partial charge on any atom is 0.228 e. The molecule has 0 saturated heterocycles. The molecule has 5 nitrogen and oxygen atoms in total. The van der Waals surface area contributed by atoms with Crippen molar-refractivity contribution < 1.29 is 4.52 Å². The van der Waals surface area contributed by atoms with Gasteiger partial charge in [0.1, 0.15) is 5.69 Å². The molecule has 2 N–H and O–H groups in total. The zero-order valence-electron chi connectivity index (χ0n) is 12.5. The van der Waals surface area contributed by atoms with Crippen LogP contribution in [0.3, 0.4) is 0 Å². The van der Waals surface area contributed by atoms with Crippen LogP contribution in [-0.4, -0.2) is 21.2 Å². The molecule has 1 aliphatic carbocycles. The van der Waals surface area contributed by atoms with Gasteiger partial charge in [0.25, 0.3) is 0 Å². The van der Waals surface area contributed by atoms with Gasteiger partial charge in [-0.2, -0.15) is 4.98 Å². The summed E-state index contributed by atoms with van der Waals surface area (Å²) >= 11 is 0. The average molecular weight is 286 g/mol. The van der Waals surface area contributed by atoms with Crippen LogP contribution in [-0.2, 0) is 12.8 Å². The first kappa shape index (κ1) is 14.2. The summed E-state index contributed by atoms with van der Waals surface area (Å²) in [5, 5.41) is 4.07. The van der Waals surface area contributed by atoms with Gasteiger partial charge in [-0.25, -0.2) is 0 Å². The lowest BCUT2D eigenvalue weighted by Gasteiger charge is -2.16. The number of aryl methyl sites for hydroxylation is 1. The molecule has 0 aromatic carbocycles. The SMILES string of the molecule is CCc1cccnc1-c1noc(CC(N)C2CCCC2)n1. The number of nitrogens with zero attached hydrogens (tertiary/aromatic N) is 3. The summed E-state index contributed by atoms with van der Waals surface area (Å²) < 4.78 is 5.37. The number of hydrogen-bond donors (Lipinski definition) is 1. The summed E-state index contributed by atoms with van der Waals surface area (Å²) in [6.45, 7) is 2.09. The van der Waals surface area contributed by atoms with Crippen molar-refractivity contribution in [3.63, 3.8) is 0 Å². The highest BCUT2D eigenvalue weighted by atomic mass is 16.5. The number of rotatable bonds is 5. The van der Waals surface area contributed by atoms with Crippen molar-refractivity contribution in [2.75, 3.05) is 0 Å². The van der Waals surface area contributed by atoms with Crippen molar-refractivity contribution >= 4 is 0 Å². The summed E-state index contributed by atoms with van der Waals surface area (Å²) in [7, 11) is 0. The predicted octanol–water partition coefficient (Wildman–Crippen LogP) is 2.75. The molecule has 1 fully saturated rings. The lowest BCUT2D eigenvalue weighted by Crippen LogP contribution is -2.30. The van der Waals surface area contributed by atoms with Crippen LogP contribution in [0.1, 0.15) is 44.1 Å². The van der Waals surface area contributed by atoms with Gasteiger partial charge in [0, 0.05) is 18.7 Å². The molecule has 3 rings (SSSR count). The first-order valence-corrected chi connectivity index (χ1v) is 7.80. The van der Waals surface area contributed by atoms with Gasteiger partial charge in [-0.15, -0.1) is 0 Å². The van der Waals surface area contributed by atoms with Crippen molar-refractivity contribution in [3.05, 3.63) is 29.8 Å². The Morgan fingerprint density at radius 3 is 2.95 bits per heavy atom. The molecule has 0 amide bonds. The number of hydrogen-bond acceptors (Lipinski definition) is 5. The third-order valence-electron chi connectivity index (χ3n) is 4.37. The normalized spacial score (nSPS) is 17.2. The van der Waals surface area contributed by atoms with Crippen LogP contribution in [0, 0.1) is 5.92 Å². The maximum absolute atomic E-state index is 6.27. The molecular weight excluding hydrogens is 264 g/mol. The third kappa shape index (κ3) is 3.13. The first-order chi connectivity index (χ1) is 10.3. The maximum atomic E-state index is 6.27. The molecule has 0 bridgehead atoms. The van der Waals surface area contributed by atoms with E-state index in [0.29, 0.717) is 24.1 Å². The van der Waals surface area contributed by atoms with Crippen LogP contribution in [0.4, 0.5) is 0 Å². The van der Waals surface area contributed by atoms with Crippen molar-refractivity contribution in [2.45, 2.75) is 51.5 Å². The second-order valence-corrected chi connectivity index (χ2v) is 5.79. The smallest absolute Gasteiger partial charge is 0.228 e. The standard InChI is InChI=1S/C16H22N4O/c1-2-11-8-5-9-18-15(11)16-19-14(21-20-16)10-13(17)12-6-3-4-7-12/h5,8-9,12-13H,2-4,6-7,10,17H2,1H3. The van der Waals surface area contributed by atoms with Crippen molar-refractivity contribution in [3.8, 4) is 11.5 Å². The topological polar surface area (TPSA) is 77.8 Å². The molecule has 1 atom stereocenters. The first-order valence-electron chi connectivity index (χ1n) is 7.80. The second-order valence-electron chi connectivity index (χ2n) is 5.79. The fourth-order valence-electron chi connectivity index (χ4n) is 3.11. The van der Waals surface area contributed by atoms with Crippen LogP contribution >= 0.6 is 0 Å². The van der Waals surface area contributed by atoms with Gasteiger partial charge in [0.05, 0.1) is 0 Å². The van der Waals surface area contributed by atoms with E-state index in [-0.39, 0.29) is 6.04 Å². The Bertz CT molecular complexity index is 589. The molecule has 0 aliphatic heterocycles. The van der Waals surface area contributed by atoms with E-state index in [4.69, 9.17) is 10.3 Å². The highest BCUT2D eigenvalue weighted by Crippen LogP contribution is 2.28. The Balaban J connectivity index is 1.74. The van der Waals surface area contributed by atoms with Gasteiger partial charge in [-0.1, -0.05) is 31.0 Å². The summed E-state index contributed by atoms with van der Waals surface area (Å²) in [6, 6.07) is 4.09. The molecule has 5 heteroatoms. The molecule has 2 aromatic heterocycles. The Kier molecular flexibility index (Phi) is 4.29. The minimum Gasteiger partial charge on any atom is -0.339 e. The highest BCUT2D eigenvalue weighted by Gasteiger charge is 2.24. The molecule has 2 heterocycles. The van der Waals surface area contributed by atoms with Gasteiger partial charge in [-0.05, 0) is 36.8 Å². The average Bonchev–Trinajstić information content (AvgIpc) is 3.18. The molecule has 1 unspecified atom stereocenters. The largest absolute Gasteiger partial charge is 0.339 e. The minimum atomic E-state index is 0.121. The Morgan fingerprint density at radius 1 is 1.38 bits per heavy atom. The Morgan fingerprint density at radius 2 is 2.19 bits per heavy atom. The number of pyridine rings is 1. The van der Waals surface area contributed by atoms with Crippen LogP contribution in [0.15, 0.2) is 22.9 Å². The summed E-state index contributed by atoms with van der Waals surface area (Å²) in [5.74, 6) is 1.79. The van der Waals surface area contributed by atoms with E-state index in [1.807, 2.05) is 12.1 Å². The van der Waals surface area contributed by atoms with E-state index in [9.17, 15) is 0 Å². The molecule has 112 valence electrons. The van der Waals surface area contributed by atoms with Crippen LogP contribution in [0.5, 0.6) is 0 Å². The monoisotopic (exact) mass is 286 g/mol. The Labute approximate surface area is 125 Å². The van der Waals surface area contributed by atoms with Crippen molar-refractivity contribution in [2.24, 2.45) is 11.7 Å². The van der Waals surface area contributed by atoms with Crippen LogP contribution < -0.4 is 5.73 Å². The van der Waals surface area contributed by atoms with Gasteiger partial charge in [-0.3, -0.25) is 4.98 Å². The van der Waals surface area contributed by atoms with Gasteiger partial charge < -0.3 is 10.3 Å². The second kappa shape index (κ2) is 6.35. The fourth-order valence-corrected chi connectivity index (χ4v) is 3.11. The fraction of sp³-hybridized carbons (Fsp3) is 0.562. The molecular formula is C16H22N4O. The minimum absolute atomic E-state index is 0.121. The van der Waals surface area contributed by atoms with E-state index in [2.05, 4.69) is 22.0 Å². The summed E-state index contributed by atoms with van der Waals surface area (Å²) in [4.78, 5) is 8.85. The van der Waals surface area contributed by atoms with Crippen LogP contribution in [0.2, 0.25) is 0 Å². The zero-order valence-corrected chi connectivity index (χ0v) is 12.5. The van der Waals surface area contributed by atoms with Gasteiger partial charge in [0.15, 0.2) is 0 Å². The zero-order chi connectivity index (χ0) is 14.7. The van der Waals surface area contributed by atoms with E-state index < -0.39 is 0 Å². The lowest BCUT2D eigenvalue weighted by molar-refractivity contribution is 0.341. The third-order valence-corrected chi connectivity index (χ3v) is 4.37. The molecule has 2 aromatic rings. The van der Waals surface area contributed by atoms with Gasteiger partial charge in [0.2, 0.25) is 11.7 Å². The molecule has 0 spiro atoms. The highest BCUT2D eigenvalue weighted by molar-refractivity contribution is 5.53. The number of nitrogens with two attached hydrogens (primary N) is 1. The molecule has 1 aliphatic rings. The van der Waals surface area contributed by atoms with Crippen molar-refractivity contribution in [1.29, 1.82) is 0 Å². The quantitative estimate of drug-likeness (QED) is 0.914. The van der Waals surface area contributed by atoms with E-state index in [0.717, 1.165) is 17.7 Å². The Hall–Kier alpha value is -1.75.